The largest absolute Gasteiger partial charge is 0.464 e. The van der Waals surface area contributed by atoms with Crippen LogP contribution in [0.4, 0.5) is 0 Å². The van der Waals surface area contributed by atoms with Crippen molar-refractivity contribution < 1.29 is 4.42 Å². The fourth-order valence-electron chi connectivity index (χ4n) is 1.80. The maximum Gasteiger partial charge on any atom is 0.133 e. The fraction of sp³-hybridized carbons (Fsp3) is 0.0714. The van der Waals surface area contributed by atoms with Gasteiger partial charge in [-0.2, -0.15) is 0 Å². The van der Waals surface area contributed by atoms with E-state index in [-0.39, 0.29) is 0 Å². The van der Waals surface area contributed by atoms with Crippen LogP contribution in [-0.2, 0) is 0 Å². The lowest BCUT2D eigenvalue weighted by Crippen LogP contribution is -1.89. The van der Waals surface area contributed by atoms with Crippen LogP contribution in [0.5, 0.6) is 0 Å². The monoisotopic (exact) mass is 224 g/mol. The lowest BCUT2D eigenvalue weighted by molar-refractivity contribution is 0.582. The van der Waals surface area contributed by atoms with Crippen LogP contribution < -0.4 is 0 Å². The van der Waals surface area contributed by atoms with E-state index in [0.29, 0.717) is 0 Å². The van der Waals surface area contributed by atoms with Gasteiger partial charge < -0.3 is 8.98 Å². The van der Waals surface area contributed by atoms with Crippen molar-refractivity contribution in [2.45, 2.75) is 6.92 Å². The Bertz CT molecular complexity index is 606. The molecule has 0 saturated carbocycles. The topological polar surface area (TPSA) is 31.0 Å². The molecule has 0 saturated heterocycles. The van der Waals surface area contributed by atoms with Crippen LogP contribution in [0, 0.1) is 6.92 Å². The molecule has 0 aliphatic rings. The van der Waals surface area contributed by atoms with E-state index in [9.17, 15) is 0 Å². The lowest BCUT2D eigenvalue weighted by Gasteiger charge is -2.02. The summed E-state index contributed by atoms with van der Waals surface area (Å²) >= 11 is 0. The summed E-state index contributed by atoms with van der Waals surface area (Å²) in [7, 11) is 0. The van der Waals surface area contributed by atoms with Gasteiger partial charge in [0.15, 0.2) is 0 Å². The second-order valence-corrected chi connectivity index (χ2v) is 3.95. The maximum absolute atomic E-state index is 5.35. The Morgan fingerprint density at radius 2 is 1.94 bits per heavy atom. The molecule has 0 spiro atoms. The molecule has 0 N–H and O–H groups in total. The number of imidazole rings is 1. The van der Waals surface area contributed by atoms with Crippen molar-refractivity contribution in [3.05, 3.63) is 60.9 Å². The molecular weight excluding hydrogens is 212 g/mol. The Morgan fingerprint density at radius 1 is 1.12 bits per heavy atom. The third kappa shape index (κ3) is 1.87. The number of benzene rings is 1. The molecule has 2 heterocycles. The Balaban J connectivity index is 1.95. The van der Waals surface area contributed by atoms with Gasteiger partial charge in [0.25, 0.3) is 0 Å². The van der Waals surface area contributed by atoms with Gasteiger partial charge in [0.2, 0.25) is 0 Å². The zero-order valence-electron chi connectivity index (χ0n) is 9.50. The van der Waals surface area contributed by atoms with Gasteiger partial charge in [-0.1, -0.05) is 0 Å². The van der Waals surface area contributed by atoms with E-state index in [1.165, 1.54) is 0 Å². The Kier molecular flexibility index (Phi) is 2.29. The number of nitrogens with zero attached hydrogens (tertiary/aromatic N) is 2. The summed E-state index contributed by atoms with van der Waals surface area (Å²) in [5.74, 6) is 0.887. The first kappa shape index (κ1) is 9.90. The van der Waals surface area contributed by atoms with E-state index in [0.717, 1.165) is 22.7 Å². The fourth-order valence-corrected chi connectivity index (χ4v) is 1.80. The first-order chi connectivity index (χ1) is 8.33. The van der Waals surface area contributed by atoms with Crippen LogP contribution in [0.25, 0.3) is 17.0 Å². The summed E-state index contributed by atoms with van der Waals surface area (Å²) < 4.78 is 7.35. The van der Waals surface area contributed by atoms with Gasteiger partial charge in [-0.15, -0.1) is 0 Å². The predicted molar refractivity (Wildman–Crippen MR) is 66.0 cm³/mol. The van der Waals surface area contributed by atoms with E-state index in [2.05, 4.69) is 17.1 Å². The van der Waals surface area contributed by atoms with Gasteiger partial charge in [0, 0.05) is 17.4 Å². The molecule has 0 fully saturated rings. The molecule has 0 radical (unpaired) electrons. The summed E-state index contributed by atoms with van der Waals surface area (Å²) in [6, 6.07) is 12.0. The molecule has 1 aromatic carbocycles. The highest BCUT2D eigenvalue weighted by atomic mass is 16.3. The van der Waals surface area contributed by atoms with Crippen molar-refractivity contribution in [1.29, 1.82) is 0 Å². The van der Waals surface area contributed by atoms with Crippen molar-refractivity contribution in [3.8, 4) is 17.0 Å². The Morgan fingerprint density at radius 3 is 2.53 bits per heavy atom. The number of hydrogen-bond donors (Lipinski definition) is 0. The molecule has 17 heavy (non-hydrogen) atoms. The van der Waals surface area contributed by atoms with Crippen LogP contribution in [0.2, 0.25) is 0 Å². The number of furan rings is 1. The van der Waals surface area contributed by atoms with E-state index < -0.39 is 0 Å². The van der Waals surface area contributed by atoms with E-state index >= 15 is 0 Å². The highest BCUT2D eigenvalue weighted by molar-refractivity contribution is 5.59. The smallest absolute Gasteiger partial charge is 0.133 e. The average Bonchev–Trinajstić information content (AvgIpc) is 3.00. The highest BCUT2D eigenvalue weighted by Crippen LogP contribution is 2.21. The number of aromatic nitrogens is 2. The zero-order valence-corrected chi connectivity index (χ0v) is 9.50. The van der Waals surface area contributed by atoms with Crippen LogP contribution >= 0.6 is 0 Å². The predicted octanol–water partition coefficient (Wildman–Crippen LogP) is 3.44. The molecule has 0 aliphatic heterocycles. The summed E-state index contributed by atoms with van der Waals surface area (Å²) in [5, 5.41) is 0. The second-order valence-electron chi connectivity index (χ2n) is 3.95. The second kappa shape index (κ2) is 3.94. The van der Waals surface area contributed by atoms with Crippen molar-refractivity contribution in [2.24, 2.45) is 0 Å². The van der Waals surface area contributed by atoms with Gasteiger partial charge >= 0.3 is 0 Å². The highest BCUT2D eigenvalue weighted by Gasteiger charge is 2.01. The van der Waals surface area contributed by atoms with Crippen LogP contribution in [0.3, 0.4) is 0 Å². The first-order valence-corrected chi connectivity index (χ1v) is 5.48. The van der Waals surface area contributed by atoms with Gasteiger partial charge in [-0.05, 0) is 43.3 Å². The summed E-state index contributed by atoms with van der Waals surface area (Å²) in [4.78, 5) is 4.21. The normalized spacial score (nSPS) is 10.6. The van der Waals surface area contributed by atoms with E-state index in [1.54, 1.807) is 6.26 Å². The summed E-state index contributed by atoms with van der Waals surface area (Å²) in [6.07, 6.45) is 5.50. The van der Waals surface area contributed by atoms with E-state index in [4.69, 9.17) is 4.42 Å². The van der Waals surface area contributed by atoms with Crippen LogP contribution in [0.15, 0.2) is 59.6 Å². The molecule has 2 aromatic heterocycles. The molecule has 3 rings (SSSR count). The third-order valence-electron chi connectivity index (χ3n) is 2.68. The SMILES string of the molecule is Cc1cn(-c2ccc(-c3ccco3)cc2)cn1. The molecule has 0 atom stereocenters. The number of rotatable bonds is 2. The van der Waals surface area contributed by atoms with E-state index in [1.807, 2.05) is 48.3 Å². The number of aryl methyl sites for hydroxylation is 1. The van der Waals surface area contributed by atoms with Crippen LogP contribution in [0.1, 0.15) is 5.69 Å². The minimum atomic E-state index is 0.887. The number of hydrogen-bond acceptors (Lipinski definition) is 2. The van der Waals surface area contributed by atoms with Crippen LogP contribution in [-0.4, -0.2) is 9.55 Å². The summed E-state index contributed by atoms with van der Waals surface area (Å²) in [5.41, 5.74) is 3.19. The van der Waals surface area contributed by atoms with Crippen molar-refractivity contribution in [3.63, 3.8) is 0 Å². The Hall–Kier alpha value is -2.29. The molecule has 0 aliphatic carbocycles. The molecule has 3 aromatic rings. The minimum Gasteiger partial charge on any atom is -0.464 e. The molecular formula is C14H12N2O. The third-order valence-corrected chi connectivity index (χ3v) is 2.68. The van der Waals surface area contributed by atoms with Gasteiger partial charge in [-0.25, -0.2) is 4.98 Å². The van der Waals surface area contributed by atoms with Gasteiger partial charge in [0.1, 0.15) is 5.76 Å². The molecule has 84 valence electrons. The Labute approximate surface area is 99.3 Å². The lowest BCUT2D eigenvalue weighted by atomic mass is 10.1. The molecule has 0 unspecified atom stereocenters. The standard InChI is InChI=1S/C14H12N2O/c1-11-9-16(10-15-11)13-6-4-12(5-7-13)14-3-2-8-17-14/h2-10H,1H3. The molecule has 3 nitrogen and oxygen atoms in total. The quantitative estimate of drug-likeness (QED) is 0.667. The van der Waals surface area contributed by atoms with Crippen molar-refractivity contribution in [1.82, 2.24) is 9.55 Å². The molecule has 0 amide bonds. The van der Waals surface area contributed by atoms with Crippen molar-refractivity contribution in [2.75, 3.05) is 0 Å². The molecule has 3 heteroatoms. The molecule has 0 bridgehead atoms. The van der Waals surface area contributed by atoms with Gasteiger partial charge in [0.05, 0.1) is 18.3 Å². The van der Waals surface area contributed by atoms with Crippen molar-refractivity contribution >= 4 is 0 Å². The first-order valence-electron chi connectivity index (χ1n) is 5.48. The zero-order chi connectivity index (χ0) is 11.7. The maximum atomic E-state index is 5.35. The average molecular weight is 224 g/mol. The minimum absolute atomic E-state index is 0.887. The summed E-state index contributed by atoms with van der Waals surface area (Å²) in [6.45, 7) is 1.98. The van der Waals surface area contributed by atoms with Gasteiger partial charge in [-0.3, -0.25) is 0 Å².